The second-order valence-electron chi connectivity index (χ2n) is 5.81. The maximum atomic E-state index is 5.74. The average Bonchev–Trinajstić information content (AvgIpc) is 2.61. The molecule has 132 valence electrons. The quantitative estimate of drug-likeness (QED) is 0.445. The predicted molar refractivity (Wildman–Crippen MR) is 107 cm³/mol. The third-order valence-electron chi connectivity index (χ3n) is 3.17. The van der Waals surface area contributed by atoms with Crippen LogP contribution in [0.15, 0.2) is 53.6 Å². The lowest BCUT2D eigenvalue weighted by molar-refractivity contribution is 0.257. The van der Waals surface area contributed by atoms with Crippen LogP contribution in [0.3, 0.4) is 0 Å². The minimum atomic E-state index is 0.423. The van der Waals surface area contributed by atoms with Gasteiger partial charge in [0.2, 0.25) is 0 Å². The molecule has 2 aromatic rings. The Morgan fingerprint density at radius 1 is 1.16 bits per heavy atom. The average molecular weight is 357 g/mol. The molecular weight excluding hydrogens is 334 g/mol. The van der Waals surface area contributed by atoms with Crippen LogP contribution < -0.4 is 20.2 Å². The first-order chi connectivity index (χ1) is 12.1. The normalized spacial score (nSPS) is 10.7. The molecule has 2 N–H and O–H groups in total. The van der Waals surface area contributed by atoms with Gasteiger partial charge in [0, 0.05) is 5.69 Å². The highest BCUT2D eigenvalue weighted by Gasteiger charge is 2.06. The monoisotopic (exact) mass is 357 g/mol. The van der Waals surface area contributed by atoms with Crippen molar-refractivity contribution in [3.63, 3.8) is 0 Å². The van der Waals surface area contributed by atoms with Crippen LogP contribution in [0.25, 0.3) is 0 Å². The van der Waals surface area contributed by atoms with Gasteiger partial charge >= 0.3 is 0 Å². The van der Waals surface area contributed by atoms with Gasteiger partial charge in [0.1, 0.15) is 0 Å². The van der Waals surface area contributed by atoms with Gasteiger partial charge in [-0.3, -0.25) is 5.43 Å². The molecule has 25 heavy (non-hydrogen) atoms. The second kappa shape index (κ2) is 9.64. The van der Waals surface area contributed by atoms with E-state index in [2.05, 4.69) is 29.7 Å². The van der Waals surface area contributed by atoms with E-state index in [-0.39, 0.29) is 0 Å². The molecule has 5 nitrogen and oxygen atoms in total. The number of hydrogen-bond acceptors (Lipinski definition) is 4. The van der Waals surface area contributed by atoms with E-state index in [9.17, 15) is 0 Å². The molecular formula is C19H23N3O2S. The first kappa shape index (κ1) is 18.7. The fourth-order valence-corrected chi connectivity index (χ4v) is 2.16. The number of para-hydroxylation sites is 1. The third kappa shape index (κ3) is 6.43. The van der Waals surface area contributed by atoms with Crippen molar-refractivity contribution in [2.75, 3.05) is 19.0 Å². The Labute approximate surface area is 154 Å². The zero-order chi connectivity index (χ0) is 18.1. The smallest absolute Gasteiger partial charge is 0.191 e. The third-order valence-corrected chi connectivity index (χ3v) is 3.36. The molecule has 0 spiro atoms. The van der Waals surface area contributed by atoms with E-state index < -0.39 is 0 Å². The molecule has 0 aromatic heterocycles. The number of methoxy groups -OCH3 is 1. The Balaban J connectivity index is 1.92. The SMILES string of the molecule is COc1cc(C=NNC(=S)Nc2ccccc2)ccc1OCC(C)C. The molecule has 0 aliphatic heterocycles. The molecule has 0 amide bonds. The number of benzene rings is 2. The predicted octanol–water partition coefficient (Wildman–Crippen LogP) is 4.05. The van der Waals surface area contributed by atoms with Gasteiger partial charge in [-0.2, -0.15) is 5.10 Å². The van der Waals surface area contributed by atoms with Crippen LogP contribution in [0.5, 0.6) is 11.5 Å². The Morgan fingerprint density at radius 3 is 2.60 bits per heavy atom. The zero-order valence-electron chi connectivity index (χ0n) is 14.7. The van der Waals surface area contributed by atoms with E-state index in [1.54, 1.807) is 13.3 Å². The van der Waals surface area contributed by atoms with Gasteiger partial charge in [-0.1, -0.05) is 32.0 Å². The summed E-state index contributed by atoms with van der Waals surface area (Å²) >= 11 is 5.20. The Kier molecular flexibility index (Phi) is 7.22. The van der Waals surface area contributed by atoms with E-state index in [0.29, 0.717) is 23.4 Å². The van der Waals surface area contributed by atoms with E-state index >= 15 is 0 Å². The Hall–Kier alpha value is -2.60. The van der Waals surface area contributed by atoms with Crippen LogP contribution in [0.2, 0.25) is 0 Å². The van der Waals surface area contributed by atoms with Crippen molar-refractivity contribution in [2.24, 2.45) is 11.0 Å². The largest absolute Gasteiger partial charge is 0.493 e. The number of thiocarbonyl (C=S) groups is 1. The van der Waals surface area contributed by atoms with Crippen molar-refractivity contribution >= 4 is 29.2 Å². The van der Waals surface area contributed by atoms with Crippen molar-refractivity contribution in [3.05, 3.63) is 54.1 Å². The maximum absolute atomic E-state index is 5.74. The van der Waals surface area contributed by atoms with Gasteiger partial charge in [0.25, 0.3) is 0 Å². The number of hydrogen-bond donors (Lipinski definition) is 2. The molecule has 0 atom stereocenters. The lowest BCUT2D eigenvalue weighted by atomic mass is 10.2. The summed E-state index contributed by atoms with van der Waals surface area (Å²) in [6.45, 7) is 4.85. The van der Waals surface area contributed by atoms with Crippen LogP contribution in [0.1, 0.15) is 19.4 Å². The van der Waals surface area contributed by atoms with E-state index in [4.69, 9.17) is 21.7 Å². The summed E-state index contributed by atoms with van der Waals surface area (Å²) in [5, 5.41) is 7.61. The Bertz CT molecular complexity index is 718. The van der Waals surface area contributed by atoms with Gasteiger partial charge in [0.15, 0.2) is 16.6 Å². The molecule has 2 aromatic carbocycles. The van der Waals surface area contributed by atoms with Crippen molar-refractivity contribution in [1.29, 1.82) is 0 Å². The summed E-state index contributed by atoms with van der Waals surface area (Å²) in [6, 6.07) is 15.3. The molecule has 0 aliphatic rings. The van der Waals surface area contributed by atoms with Crippen LogP contribution in [0, 0.1) is 5.92 Å². The van der Waals surface area contributed by atoms with Crippen molar-refractivity contribution in [1.82, 2.24) is 5.43 Å². The molecule has 0 aliphatic carbocycles. The highest BCUT2D eigenvalue weighted by Crippen LogP contribution is 2.27. The summed E-state index contributed by atoms with van der Waals surface area (Å²) in [7, 11) is 1.62. The summed E-state index contributed by atoms with van der Waals surface area (Å²) in [6.07, 6.45) is 1.67. The lowest BCUT2D eigenvalue weighted by Gasteiger charge is -2.12. The first-order valence-electron chi connectivity index (χ1n) is 8.04. The summed E-state index contributed by atoms with van der Waals surface area (Å²) in [4.78, 5) is 0. The van der Waals surface area contributed by atoms with Crippen molar-refractivity contribution < 1.29 is 9.47 Å². The van der Waals surface area contributed by atoms with Gasteiger partial charge < -0.3 is 14.8 Å². The standard InChI is InChI=1S/C19H23N3O2S/c1-14(2)13-24-17-10-9-15(11-18(17)23-3)12-20-22-19(25)21-16-7-5-4-6-8-16/h4-12,14H,13H2,1-3H3,(H2,21,22,25). The molecule has 0 bridgehead atoms. The number of nitrogens with zero attached hydrogens (tertiary/aromatic N) is 1. The second-order valence-corrected chi connectivity index (χ2v) is 6.21. The summed E-state index contributed by atoms with van der Waals surface area (Å²) < 4.78 is 11.1. The number of anilines is 1. The first-order valence-corrected chi connectivity index (χ1v) is 8.45. The zero-order valence-corrected chi connectivity index (χ0v) is 15.5. The molecule has 2 rings (SSSR count). The summed E-state index contributed by atoms with van der Waals surface area (Å²) in [5.74, 6) is 1.85. The number of ether oxygens (including phenoxy) is 2. The molecule has 0 unspecified atom stereocenters. The molecule has 0 heterocycles. The van der Waals surface area contributed by atoms with Gasteiger partial charge in [-0.25, -0.2) is 0 Å². The van der Waals surface area contributed by atoms with E-state index in [1.807, 2.05) is 48.5 Å². The lowest BCUT2D eigenvalue weighted by Crippen LogP contribution is -2.23. The van der Waals surface area contributed by atoms with E-state index in [0.717, 1.165) is 17.0 Å². The maximum Gasteiger partial charge on any atom is 0.191 e. The van der Waals surface area contributed by atoms with Crippen molar-refractivity contribution in [2.45, 2.75) is 13.8 Å². The summed E-state index contributed by atoms with van der Waals surface area (Å²) in [5.41, 5.74) is 4.57. The fraction of sp³-hybridized carbons (Fsp3) is 0.263. The van der Waals surface area contributed by atoms with Crippen LogP contribution in [0.4, 0.5) is 5.69 Å². The minimum Gasteiger partial charge on any atom is -0.493 e. The van der Waals surface area contributed by atoms with Gasteiger partial charge in [-0.05, 0) is 54.0 Å². The van der Waals surface area contributed by atoms with Gasteiger partial charge in [0.05, 0.1) is 19.9 Å². The highest BCUT2D eigenvalue weighted by atomic mass is 32.1. The fourth-order valence-electron chi connectivity index (χ4n) is 1.99. The molecule has 0 saturated heterocycles. The van der Waals surface area contributed by atoms with Gasteiger partial charge in [-0.15, -0.1) is 0 Å². The topological polar surface area (TPSA) is 54.9 Å². The molecule has 0 saturated carbocycles. The minimum absolute atomic E-state index is 0.423. The van der Waals surface area contributed by atoms with E-state index in [1.165, 1.54) is 0 Å². The number of rotatable bonds is 7. The molecule has 6 heteroatoms. The number of nitrogens with one attached hydrogen (secondary N) is 2. The Morgan fingerprint density at radius 2 is 1.92 bits per heavy atom. The van der Waals surface area contributed by atoms with Crippen LogP contribution in [-0.2, 0) is 0 Å². The molecule has 0 fully saturated rings. The van der Waals surface area contributed by atoms with Crippen molar-refractivity contribution in [3.8, 4) is 11.5 Å². The molecule has 0 radical (unpaired) electrons. The number of hydrazone groups is 1. The van der Waals surface area contributed by atoms with Crippen LogP contribution >= 0.6 is 12.2 Å². The highest BCUT2D eigenvalue weighted by molar-refractivity contribution is 7.80. The van der Waals surface area contributed by atoms with Crippen LogP contribution in [-0.4, -0.2) is 25.0 Å².